The Bertz CT molecular complexity index is 228. The molecule has 0 bridgehead atoms. The lowest BCUT2D eigenvalue weighted by atomic mass is 10.4. The molecule has 0 aliphatic rings. The second kappa shape index (κ2) is 2.90. The molecule has 11 heavy (non-hydrogen) atoms. The molecule has 1 aromatic rings. The Morgan fingerprint density at radius 3 is 2.45 bits per heavy atom. The molecule has 0 aliphatic carbocycles. The molecule has 0 aromatic carbocycles. The monoisotopic (exact) mass is 154 g/mol. The summed E-state index contributed by atoms with van der Waals surface area (Å²) in [5, 5.41) is 6.79. The minimum atomic E-state index is 0.447. The Labute approximate surface area is 66.6 Å². The van der Waals surface area contributed by atoms with Crippen molar-refractivity contribution in [1.82, 2.24) is 15.2 Å². The highest BCUT2D eigenvalue weighted by Gasteiger charge is 2.07. The van der Waals surface area contributed by atoms with Crippen molar-refractivity contribution in [2.24, 2.45) is 0 Å². The third-order valence-corrected chi connectivity index (χ3v) is 1.69. The maximum Gasteiger partial charge on any atom is 0.221 e. The van der Waals surface area contributed by atoms with Gasteiger partial charge in [0.25, 0.3) is 0 Å². The summed E-state index contributed by atoms with van der Waals surface area (Å²) >= 11 is 0. The van der Waals surface area contributed by atoms with Crippen molar-refractivity contribution in [3.8, 4) is 0 Å². The highest BCUT2D eigenvalue weighted by Crippen LogP contribution is 2.06. The normalized spacial score (nSPS) is 10.6. The van der Waals surface area contributed by atoms with Crippen LogP contribution in [0.25, 0.3) is 0 Å². The number of nitrogens with one attached hydrogen (secondary N) is 1. The van der Waals surface area contributed by atoms with Crippen molar-refractivity contribution < 1.29 is 0 Å². The molecule has 0 saturated heterocycles. The van der Waals surface area contributed by atoms with Gasteiger partial charge in [0.1, 0.15) is 5.82 Å². The first-order chi connectivity index (χ1) is 5.11. The number of aryl methyl sites for hydroxylation is 1. The fourth-order valence-corrected chi connectivity index (χ4v) is 0.736. The van der Waals surface area contributed by atoms with Crippen LogP contribution in [0.2, 0.25) is 0 Å². The third-order valence-electron chi connectivity index (χ3n) is 1.69. The Morgan fingerprint density at radius 1 is 1.45 bits per heavy atom. The zero-order valence-electron chi connectivity index (χ0n) is 7.42. The smallest absolute Gasteiger partial charge is 0.221 e. The second-order valence-electron chi connectivity index (χ2n) is 2.91. The summed E-state index contributed by atoms with van der Waals surface area (Å²) in [4.78, 5) is 6.23. The standard InChI is InChI=1S/C7H14N4/c1-5(2)11(4)7-8-6(3)9-10-7/h5H,1-4H3,(H,8,9,10). The maximum atomic E-state index is 4.19. The number of hydrogen-bond acceptors (Lipinski definition) is 3. The van der Waals surface area contributed by atoms with Crippen molar-refractivity contribution in [2.75, 3.05) is 11.9 Å². The summed E-state index contributed by atoms with van der Waals surface area (Å²) in [5.74, 6) is 1.62. The van der Waals surface area contributed by atoms with Crippen LogP contribution in [0.4, 0.5) is 5.95 Å². The van der Waals surface area contributed by atoms with Gasteiger partial charge in [-0.3, -0.25) is 0 Å². The fourth-order valence-electron chi connectivity index (χ4n) is 0.736. The summed E-state index contributed by atoms with van der Waals surface area (Å²) in [6, 6.07) is 0.447. The Hall–Kier alpha value is -1.06. The van der Waals surface area contributed by atoms with E-state index in [0.717, 1.165) is 11.8 Å². The Kier molecular flexibility index (Phi) is 2.12. The first kappa shape index (κ1) is 8.04. The van der Waals surface area contributed by atoms with E-state index in [4.69, 9.17) is 0 Å². The number of hydrogen-bond donors (Lipinski definition) is 1. The van der Waals surface area contributed by atoms with E-state index in [1.165, 1.54) is 0 Å². The molecule has 1 aromatic heterocycles. The molecule has 0 radical (unpaired) electrons. The number of nitrogens with zero attached hydrogens (tertiary/aromatic N) is 3. The highest BCUT2D eigenvalue weighted by molar-refractivity contribution is 5.27. The first-order valence-electron chi connectivity index (χ1n) is 3.73. The number of rotatable bonds is 2. The zero-order chi connectivity index (χ0) is 8.43. The van der Waals surface area contributed by atoms with E-state index in [1.807, 2.05) is 18.9 Å². The van der Waals surface area contributed by atoms with Crippen LogP contribution in [-0.4, -0.2) is 28.3 Å². The summed E-state index contributed by atoms with van der Waals surface area (Å²) in [5.41, 5.74) is 0. The molecule has 4 heteroatoms. The first-order valence-corrected chi connectivity index (χ1v) is 3.73. The average Bonchev–Trinajstić information content (AvgIpc) is 2.34. The van der Waals surface area contributed by atoms with Crippen LogP contribution in [0.15, 0.2) is 0 Å². The number of aromatic amines is 1. The number of aromatic nitrogens is 3. The largest absolute Gasteiger partial charge is 0.342 e. The zero-order valence-corrected chi connectivity index (χ0v) is 7.42. The Balaban J connectivity index is 2.76. The molecular weight excluding hydrogens is 140 g/mol. The number of anilines is 1. The molecule has 1 heterocycles. The molecule has 0 unspecified atom stereocenters. The van der Waals surface area contributed by atoms with Gasteiger partial charge in [0.2, 0.25) is 5.95 Å². The van der Waals surface area contributed by atoms with Gasteiger partial charge in [-0.15, -0.1) is 0 Å². The van der Waals surface area contributed by atoms with Crippen LogP contribution < -0.4 is 4.90 Å². The van der Waals surface area contributed by atoms with Gasteiger partial charge in [-0.1, -0.05) is 0 Å². The third kappa shape index (κ3) is 1.69. The quantitative estimate of drug-likeness (QED) is 0.690. The van der Waals surface area contributed by atoms with E-state index >= 15 is 0 Å². The molecule has 0 saturated carbocycles. The maximum absolute atomic E-state index is 4.19. The van der Waals surface area contributed by atoms with Gasteiger partial charge in [-0.2, -0.15) is 10.1 Å². The van der Waals surface area contributed by atoms with Crippen molar-refractivity contribution >= 4 is 5.95 Å². The lowest BCUT2D eigenvalue weighted by molar-refractivity contribution is 0.731. The highest BCUT2D eigenvalue weighted by atomic mass is 15.3. The average molecular weight is 154 g/mol. The lowest BCUT2D eigenvalue weighted by Crippen LogP contribution is -2.26. The molecule has 0 spiro atoms. The molecule has 0 atom stereocenters. The van der Waals surface area contributed by atoms with Crippen LogP contribution in [0.5, 0.6) is 0 Å². The van der Waals surface area contributed by atoms with Crippen LogP contribution >= 0.6 is 0 Å². The lowest BCUT2D eigenvalue weighted by Gasteiger charge is -2.19. The molecule has 4 nitrogen and oxygen atoms in total. The SMILES string of the molecule is Cc1n[nH]c(N(C)C(C)C)n1. The van der Waals surface area contributed by atoms with E-state index in [2.05, 4.69) is 29.0 Å². The van der Waals surface area contributed by atoms with E-state index in [-0.39, 0.29) is 0 Å². The van der Waals surface area contributed by atoms with E-state index in [1.54, 1.807) is 0 Å². The van der Waals surface area contributed by atoms with Gasteiger partial charge >= 0.3 is 0 Å². The molecule has 1 N–H and O–H groups in total. The number of H-pyrrole nitrogens is 1. The van der Waals surface area contributed by atoms with Gasteiger partial charge in [-0.05, 0) is 20.8 Å². The van der Waals surface area contributed by atoms with Crippen LogP contribution in [-0.2, 0) is 0 Å². The van der Waals surface area contributed by atoms with E-state index in [0.29, 0.717) is 6.04 Å². The van der Waals surface area contributed by atoms with Crippen molar-refractivity contribution in [2.45, 2.75) is 26.8 Å². The molecule has 0 amide bonds. The molecule has 1 rings (SSSR count). The minimum absolute atomic E-state index is 0.447. The van der Waals surface area contributed by atoms with Gasteiger partial charge in [0.05, 0.1) is 0 Å². The summed E-state index contributed by atoms with van der Waals surface area (Å²) in [7, 11) is 1.99. The summed E-state index contributed by atoms with van der Waals surface area (Å²) in [6.07, 6.45) is 0. The van der Waals surface area contributed by atoms with Crippen LogP contribution in [0.1, 0.15) is 19.7 Å². The van der Waals surface area contributed by atoms with Gasteiger partial charge in [-0.25, -0.2) is 5.10 Å². The van der Waals surface area contributed by atoms with Crippen LogP contribution in [0, 0.1) is 6.92 Å². The predicted octanol–water partition coefficient (Wildman–Crippen LogP) is 0.958. The molecule has 0 aliphatic heterocycles. The Morgan fingerprint density at radius 2 is 2.09 bits per heavy atom. The predicted molar refractivity (Wildman–Crippen MR) is 44.7 cm³/mol. The molecule has 62 valence electrons. The van der Waals surface area contributed by atoms with Gasteiger partial charge < -0.3 is 4.90 Å². The summed E-state index contributed by atoms with van der Waals surface area (Å²) < 4.78 is 0. The van der Waals surface area contributed by atoms with Gasteiger partial charge in [0.15, 0.2) is 0 Å². The topological polar surface area (TPSA) is 44.8 Å². The molecular formula is C7H14N4. The van der Waals surface area contributed by atoms with Gasteiger partial charge in [0, 0.05) is 13.1 Å². The summed E-state index contributed by atoms with van der Waals surface area (Å²) in [6.45, 7) is 6.09. The minimum Gasteiger partial charge on any atom is -0.342 e. The van der Waals surface area contributed by atoms with Crippen molar-refractivity contribution in [3.63, 3.8) is 0 Å². The second-order valence-corrected chi connectivity index (χ2v) is 2.91. The van der Waals surface area contributed by atoms with Crippen molar-refractivity contribution in [1.29, 1.82) is 0 Å². The van der Waals surface area contributed by atoms with E-state index in [9.17, 15) is 0 Å². The van der Waals surface area contributed by atoms with Crippen molar-refractivity contribution in [3.05, 3.63) is 5.82 Å². The van der Waals surface area contributed by atoms with Crippen LogP contribution in [0.3, 0.4) is 0 Å². The molecule has 0 fully saturated rings. The fraction of sp³-hybridized carbons (Fsp3) is 0.714. The van der Waals surface area contributed by atoms with E-state index < -0.39 is 0 Å².